The van der Waals surface area contributed by atoms with E-state index in [0.29, 0.717) is 6.04 Å². The number of piperidine rings is 1. The molecule has 0 aliphatic carbocycles. The smallest absolute Gasteiger partial charge is 0.00919 e. The Balaban J connectivity index is 1.96. The van der Waals surface area contributed by atoms with Crippen molar-refractivity contribution in [3.8, 4) is 0 Å². The molecule has 1 aliphatic heterocycles. The summed E-state index contributed by atoms with van der Waals surface area (Å²) in [5, 5.41) is 7.03. The summed E-state index contributed by atoms with van der Waals surface area (Å²) in [7, 11) is 2.20. The van der Waals surface area contributed by atoms with E-state index < -0.39 is 0 Å². The lowest BCUT2D eigenvalue weighted by molar-refractivity contribution is 0.235. The van der Waals surface area contributed by atoms with Crippen LogP contribution in [0.3, 0.4) is 0 Å². The number of nitrogens with zero attached hydrogens (tertiary/aromatic N) is 1. The summed E-state index contributed by atoms with van der Waals surface area (Å²) in [5.41, 5.74) is 0. The van der Waals surface area contributed by atoms with Gasteiger partial charge in [0, 0.05) is 25.2 Å². The van der Waals surface area contributed by atoms with Crippen molar-refractivity contribution in [3.05, 3.63) is 0 Å². The van der Waals surface area contributed by atoms with Gasteiger partial charge in [-0.2, -0.15) is 0 Å². The first-order valence-electron chi connectivity index (χ1n) is 5.84. The fourth-order valence-corrected chi connectivity index (χ4v) is 1.85. The molecule has 3 heteroatoms. The van der Waals surface area contributed by atoms with Crippen molar-refractivity contribution in [1.29, 1.82) is 0 Å². The highest BCUT2D eigenvalue weighted by molar-refractivity contribution is 4.75. The quantitative estimate of drug-likeness (QED) is 0.637. The Bertz CT molecular complexity index is 139. The van der Waals surface area contributed by atoms with Crippen molar-refractivity contribution in [3.63, 3.8) is 0 Å². The SMILES string of the molecule is CC(C)NCCNC1CCN(C)CC1. The molecule has 0 amide bonds. The monoisotopic (exact) mass is 199 g/mol. The average Bonchev–Trinajstić information content (AvgIpc) is 2.15. The van der Waals surface area contributed by atoms with Gasteiger partial charge in [0.05, 0.1) is 0 Å². The first kappa shape index (κ1) is 12.0. The Labute approximate surface area is 88.2 Å². The molecule has 0 bridgehead atoms. The van der Waals surface area contributed by atoms with Crippen LogP contribution >= 0.6 is 0 Å². The van der Waals surface area contributed by atoms with Crippen LogP contribution in [0.25, 0.3) is 0 Å². The van der Waals surface area contributed by atoms with Crippen LogP contribution in [0.2, 0.25) is 0 Å². The first-order valence-corrected chi connectivity index (χ1v) is 5.84. The van der Waals surface area contributed by atoms with Crippen LogP contribution < -0.4 is 10.6 Å². The highest BCUT2D eigenvalue weighted by atomic mass is 15.1. The summed E-state index contributed by atoms with van der Waals surface area (Å²) in [6.45, 7) is 9.06. The van der Waals surface area contributed by atoms with E-state index in [1.807, 2.05) is 0 Å². The minimum absolute atomic E-state index is 0.606. The van der Waals surface area contributed by atoms with Crippen LogP contribution in [0.15, 0.2) is 0 Å². The maximum atomic E-state index is 3.61. The molecular weight excluding hydrogens is 174 g/mol. The van der Waals surface area contributed by atoms with Gasteiger partial charge in [0.15, 0.2) is 0 Å². The molecule has 3 nitrogen and oxygen atoms in total. The van der Waals surface area contributed by atoms with E-state index in [-0.39, 0.29) is 0 Å². The second kappa shape index (κ2) is 6.38. The van der Waals surface area contributed by atoms with Crippen LogP contribution in [0.4, 0.5) is 0 Å². The molecule has 1 saturated heterocycles. The number of likely N-dealkylation sites (tertiary alicyclic amines) is 1. The van der Waals surface area contributed by atoms with E-state index >= 15 is 0 Å². The molecule has 0 saturated carbocycles. The zero-order valence-electron chi connectivity index (χ0n) is 9.84. The molecule has 2 N–H and O–H groups in total. The van der Waals surface area contributed by atoms with Crippen LogP contribution in [0.1, 0.15) is 26.7 Å². The third-order valence-corrected chi connectivity index (χ3v) is 2.83. The Hall–Kier alpha value is -0.120. The molecular formula is C11H25N3. The van der Waals surface area contributed by atoms with E-state index in [1.54, 1.807) is 0 Å². The Kier molecular flexibility index (Phi) is 5.45. The van der Waals surface area contributed by atoms with Crippen LogP contribution in [-0.2, 0) is 0 Å². The third-order valence-electron chi connectivity index (χ3n) is 2.83. The molecule has 14 heavy (non-hydrogen) atoms. The molecule has 0 aromatic heterocycles. The first-order chi connectivity index (χ1) is 6.68. The van der Waals surface area contributed by atoms with E-state index in [9.17, 15) is 0 Å². The largest absolute Gasteiger partial charge is 0.313 e. The van der Waals surface area contributed by atoms with Crippen molar-refractivity contribution >= 4 is 0 Å². The maximum Gasteiger partial charge on any atom is 0.00919 e. The van der Waals surface area contributed by atoms with E-state index in [0.717, 1.165) is 19.1 Å². The molecule has 84 valence electrons. The molecule has 0 aromatic carbocycles. The second-order valence-corrected chi connectivity index (χ2v) is 4.64. The third kappa shape index (κ3) is 4.94. The van der Waals surface area contributed by atoms with Crippen molar-refractivity contribution in [2.24, 2.45) is 0 Å². The topological polar surface area (TPSA) is 27.3 Å². The van der Waals surface area contributed by atoms with E-state index in [4.69, 9.17) is 0 Å². The molecule has 1 aliphatic rings. The highest BCUT2D eigenvalue weighted by Crippen LogP contribution is 2.07. The standard InChI is InChI=1S/C11H25N3/c1-10(2)12-6-7-13-11-4-8-14(3)9-5-11/h10-13H,4-9H2,1-3H3. The van der Waals surface area contributed by atoms with Gasteiger partial charge in [-0.1, -0.05) is 13.8 Å². The summed E-state index contributed by atoms with van der Waals surface area (Å²) in [6.07, 6.45) is 2.61. The number of rotatable bonds is 5. The van der Waals surface area contributed by atoms with Crippen molar-refractivity contribution in [2.75, 3.05) is 33.2 Å². The van der Waals surface area contributed by atoms with Gasteiger partial charge in [-0.25, -0.2) is 0 Å². The molecule has 0 spiro atoms. The molecule has 1 heterocycles. The van der Waals surface area contributed by atoms with Gasteiger partial charge in [0.1, 0.15) is 0 Å². The molecule has 0 radical (unpaired) electrons. The lowest BCUT2D eigenvalue weighted by Crippen LogP contribution is -2.43. The maximum absolute atomic E-state index is 3.61. The predicted molar refractivity (Wildman–Crippen MR) is 61.7 cm³/mol. The average molecular weight is 199 g/mol. The van der Waals surface area contributed by atoms with E-state index in [2.05, 4.69) is 36.4 Å². The molecule has 0 unspecified atom stereocenters. The van der Waals surface area contributed by atoms with Crippen LogP contribution in [0.5, 0.6) is 0 Å². The summed E-state index contributed by atoms with van der Waals surface area (Å²) in [4.78, 5) is 2.41. The normalized spacial score (nSPS) is 20.6. The Morgan fingerprint density at radius 3 is 2.43 bits per heavy atom. The van der Waals surface area contributed by atoms with Gasteiger partial charge >= 0.3 is 0 Å². The Morgan fingerprint density at radius 2 is 1.86 bits per heavy atom. The molecule has 0 aromatic rings. The number of nitrogens with one attached hydrogen (secondary N) is 2. The fourth-order valence-electron chi connectivity index (χ4n) is 1.85. The summed E-state index contributed by atoms with van der Waals surface area (Å²) >= 11 is 0. The molecule has 1 fully saturated rings. The summed E-state index contributed by atoms with van der Waals surface area (Å²) in [5.74, 6) is 0. The number of hydrogen-bond donors (Lipinski definition) is 2. The van der Waals surface area contributed by atoms with Gasteiger partial charge in [-0.15, -0.1) is 0 Å². The van der Waals surface area contributed by atoms with Crippen molar-refractivity contribution in [2.45, 2.75) is 38.8 Å². The van der Waals surface area contributed by atoms with Gasteiger partial charge in [0.25, 0.3) is 0 Å². The lowest BCUT2D eigenvalue weighted by atomic mass is 10.1. The van der Waals surface area contributed by atoms with Crippen molar-refractivity contribution in [1.82, 2.24) is 15.5 Å². The lowest BCUT2D eigenvalue weighted by Gasteiger charge is -2.29. The Morgan fingerprint density at radius 1 is 1.21 bits per heavy atom. The van der Waals surface area contributed by atoms with Crippen molar-refractivity contribution < 1.29 is 0 Å². The van der Waals surface area contributed by atoms with Crippen LogP contribution in [-0.4, -0.2) is 50.2 Å². The summed E-state index contributed by atoms with van der Waals surface area (Å²) in [6, 6.07) is 1.36. The fraction of sp³-hybridized carbons (Fsp3) is 1.00. The molecule has 0 atom stereocenters. The minimum atomic E-state index is 0.606. The predicted octanol–water partition coefficient (Wildman–Crippen LogP) is 0.668. The summed E-state index contributed by atoms with van der Waals surface area (Å²) < 4.78 is 0. The van der Waals surface area contributed by atoms with Gasteiger partial charge in [-0.3, -0.25) is 0 Å². The second-order valence-electron chi connectivity index (χ2n) is 4.64. The number of hydrogen-bond acceptors (Lipinski definition) is 3. The molecule has 1 rings (SSSR count). The zero-order chi connectivity index (χ0) is 10.4. The van der Waals surface area contributed by atoms with Gasteiger partial charge < -0.3 is 15.5 Å². The zero-order valence-corrected chi connectivity index (χ0v) is 9.84. The highest BCUT2D eigenvalue weighted by Gasteiger charge is 2.15. The minimum Gasteiger partial charge on any atom is -0.313 e. The van der Waals surface area contributed by atoms with Crippen LogP contribution in [0, 0.1) is 0 Å². The van der Waals surface area contributed by atoms with E-state index in [1.165, 1.54) is 25.9 Å². The van der Waals surface area contributed by atoms with Gasteiger partial charge in [0.2, 0.25) is 0 Å². The van der Waals surface area contributed by atoms with Gasteiger partial charge in [-0.05, 0) is 33.0 Å².